The van der Waals surface area contributed by atoms with Crippen molar-refractivity contribution >= 4 is 0 Å². The van der Waals surface area contributed by atoms with E-state index >= 15 is 0 Å². The van der Waals surface area contributed by atoms with Crippen molar-refractivity contribution in [3.05, 3.63) is 67.3 Å². The first-order chi connectivity index (χ1) is 18.8. The van der Waals surface area contributed by atoms with E-state index in [1.54, 1.807) is 0 Å². The molecule has 0 bridgehead atoms. The van der Waals surface area contributed by atoms with Gasteiger partial charge in [0.2, 0.25) is 0 Å². The maximum atomic E-state index is 5.93. The molecule has 4 heteroatoms. The average molecular weight is 518 g/mol. The maximum Gasteiger partial charge on any atom is 0.167 e. The van der Waals surface area contributed by atoms with Crippen molar-refractivity contribution in [2.45, 2.75) is 96.8 Å². The summed E-state index contributed by atoms with van der Waals surface area (Å²) in [4.78, 5) is 0. The molecule has 0 radical (unpaired) electrons. The number of unbranched alkanes of at least 4 members (excludes halogenated alkanes) is 12. The first-order valence-corrected chi connectivity index (χ1v) is 14.8. The second-order valence-corrected chi connectivity index (χ2v) is 10.1. The lowest BCUT2D eigenvalue weighted by atomic mass is 10.1. The van der Waals surface area contributed by atoms with E-state index in [4.69, 9.17) is 14.0 Å². The Morgan fingerprint density at radius 3 is 1.71 bits per heavy atom. The van der Waals surface area contributed by atoms with E-state index in [0.717, 1.165) is 66.6 Å². The van der Waals surface area contributed by atoms with Gasteiger partial charge in [0.05, 0.1) is 13.2 Å². The zero-order valence-electron chi connectivity index (χ0n) is 23.5. The lowest BCUT2D eigenvalue weighted by Crippen LogP contribution is -1.97. The third-order valence-electron chi connectivity index (χ3n) is 6.89. The molecule has 3 rings (SSSR count). The lowest BCUT2D eigenvalue weighted by Gasteiger charge is -2.07. The van der Waals surface area contributed by atoms with E-state index in [0.29, 0.717) is 0 Å². The number of allylic oxidation sites excluding steroid dienone is 1. The molecule has 4 nitrogen and oxygen atoms in total. The van der Waals surface area contributed by atoms with Gasteiger partial charge in [0.15, 0.2) is 5.76 Å². The number of rotatable bonds is 21. The van der Waals surface area contributed by atoms with Crippen molar-refractivity contribution in [2.75, 3.05) is 13.2 Å². The van der Waals surface area contributed by atoms with E-state index in [1.807, 2.05) is 60.7 Å². The maximum absolute atomic E-state index is 5.93. The van der Waals surface area contributed by atoms with E-state index in [2.05, 4.69) is 18.7 Å². The lowest BCUT2D eigenvalue weighted by molar-refractivity contribution is 0.304. The average Bonchev–Trinajstić information content (AvgIpc) is 3.45. The van der Waals surface area contributed by atoms with Crippen LogP contribution in [0, 0.1) is 0 Å². The molecule has 38 heavy (non-hydrogen) atoms. The summed E-state index contributed by atoms with van der Waals surface area (Å²) in [7, 11) is 0. The molecule has 0 amide bonds. The normalized spacial score (nSPS) is 11.0. The molecule has 0 unspecified atom stereocenters. The van der Waals surface area contributed by atoms with Gasteiger partial charge in [-0.05, 0) is 74.2 Å². The molecule has 0 saturated carbocycles. The second kappa shape index (κ2) is 18.3. The Balaban J connectivity index is 1.35. The third kappa shape index (κ3) is 11.2. The van der Waals surface area contributed by atoms with Crippen molar-refractivity contribution in [2.24, 2.45) is 0 Å². The van der Waals surface area contributed by atoms with Crippen LogP contribution in [0.5, 0.6) is 11.5 Å². The summed E-state index contributed by atoms with van der Waals surface area (Å²) in [6.07, 6.45) is 19.6. The number of ether oxygens (including phenoxy) is 2. The molecule has 0 N–H and O–H groups in total. The van der Waals surface area contributed by atoms with Crippen LogP contribution in [-0.2, 0) is 0 Å². The highest BCUT2D eigenvalue weighted by atomic mass is 16.5. The van der Waals surface area contributed by atoms with Gasteiger partial charge in [0.25, 0.3) is 0 Å². The van der Waals surface area contributed by atoms with E-state index < -0.39 is 0 Å². The quantitative estimate of drug-likeness (QED) is 0.104. The smallest absolute Gasteiger partial charge is 0.167 e. The minimum Gasteiger partial charge on any atom is -0.494 e. The molecule has 0 fully saturated rings. The van der Waals surface area contributed by atoms with Gasteiger partial charge >= 0.3 is 0 Å². The van der Waals surface area contributed by atoms with Crippen LogP contribution in [0.25, 0.3) is 22.6 Å². The Kier molecular flexibility index (Phi) is 14.2. The summed E-state index contributed by atoms with van der Waals surface area (Å²) in [5.41, 5.74) is 2.83. The summed E-state index contributed by atoms with van der Waals surface area (Å²) in [6, 6.07) is 18.2. The molecule has 0 aliphatic carbocycles. The summed E-state index contributed by atoms with van der Waals surface area (Å²) in [6.45, 7) is 7.57. The molecule has 3 aromatic rings. The molecule has 0 saturated heterocycles. The highest BCUT2D eigenvalue weighted by Gasteiger charge is 2.09. The van der Waals surface area contributed by atoms with Gasteiger partial charge in [-0.15, -0.1) is 6.58 Å². The van der Waals surface area contributed by atoms with E-state index in [-0.39, 0.29) is 0 Å². The fourth-order valence-electron chi connectivity index (χ4n) is 4.52. The van der Waals surface area contributed by atoms with Gasteiger partial charge in [0.1, 0.15) is 17.2 Å². The van der Waals surface area contributed by atoms with Crippen molar-refractivity contribution in [3.63, 3.8) is 0 Å². The first kappa shape index (κ1) is 29.5. The van der Waals surface area contributed by atoms with Gasteiger partial charge in [-0.25, -0.2) is 0 Å². The minimum atomic E-state index is 0.753. The standard InChI is InChI=1S/C34H47NO3/c1-3-5-7-9-11-12-13-15-17-27-37-32-24-20-30(21-25-32)34-28-33(35-38-34)29-18-22-31(23-19-29)36-26-16-14-10-8-6-4-2/h3,18-25,28H,1,4-17,26-27H2,2H3. The molecule has 1 aromatic heterocycles. The molecular formula is C34H47NO3. The fraction of sp³-hybridized carbons (Fsp3) is 0.500. The molecule has 2 aromatic carbocycles. The van der Waals surface area contributed by atoms with Crippen LogP contribution >= 0.6 is 0 Å². The summed E-state index contributed by atoms with van der Waals surface area (Å²) < 4.78 is 17.5. The number of benzene rings is 2. The summed E-state index contributed by atoms with van der Waals surface area (Å²) in [5, 5.41) is 4.28. The van der Waals surface area contributed by atoms with Gasteiger partial charge in [-0.2, -0.15) is 0 Å². The third-order valence-corrected chi connectivity index (χ3v) is 6.89. The Hall–Kier alpha value is -3.01. The van der Waals surface area contributed by atoms with Crippen molar-refractivity contribution in [3.8, 4) is 34.1 Å². The summed E-state index contributed by atoms with van der Waals surface area (Å²) >= 11 is 0. The fourth-order valence-corrected chi connectivity index (χ4v) is 4.52. The highest BCUT2D eigenvalue weighted by Crippen LogP contribution is 2.28. The number of nitrogens with zero attached hydrogens (tertiary/aromatic N) is 1. The Morgan fingerprint density at radius 2 is 1.16 bits per heavy atom. The van der Waals surface area contributed by atoms with Gasteiger partial charge in [0, 0.05) is 17.2 Å². The van der Waals surface area contributed by atoms with Crippen LogP contribution in [0.3, 0.4) is 0 Å². The first-order valence-electron chi connectivity index (χ1n) is 14.8. The van der Waals surface area contributed by atoms with Gasteiger partial charge in [-0.1, -0.05) is 82.4 Å². The molecular weight excluding hydrogens is 470 g/mol. The SMILES string of the molecule is C=CCCCCCCCCCOc1ccc(-c2cc(-c3ccc(OCCCCCCCC)cc3)no2)cc1. The van der Waals surface area contributed by atoms with Crippen LogP contribution in [0.15, 0.2) is 71.8 Å². The van der Waals surface area contributed by atoms with Crippen LogP contribution in [0.2, 0.25) is 0 Å². The number of aromatic nitrogens is 1. The second-order valence-electron chi connectivity index (χ2n) is 10.1. The molecule has 0 aliphatic rings. The highest BCUT2D eigenvalue weighted by molar-refractivity contribution is 5.67. The molecule has 206 valence electrons. The topological polar surface area (TPSA) is 44.5 Å². The van der Waals surface area contributed by atoms with Gasteiger partial charge in [-0.3, -0.25) is 0 Å². The molecule has 0 spiro atoms. The Labute approximate surface area is 230 Å². The number of hydrogen-bond acceptors (Lipinski definition) is 4. The zero-order valence-corrected chi connectivity index (χ0v) is 23.5. The largest absolute Gasteiger partial charge is 0.494 e. The van der Waals surface area contributed by atoms with Crippen molar-refractivity contribution in [1.29, 1.82) is 0 Å². The van der Waals surface area contributed by atoms with Crippen LogP contribution in [-0.4, -0.2) is 18.4 Å². The minimum absolute atomic E-state index is 0.753. The molecule has 0 atom stereocenters. The zero-order chi connectivity index (χ0) is 26.7. The molecule has 0 aliphatic heterocycles. The Morgan fingerprint density at radius 1 is 0.658 bits per heavy atom. The van der Waals surface area contributed by atoms with E-state index in [9.17, 15) is 0 Å². The predicted molar refractivity (Wildman–Crippen MR) is 159 cm³/mol. The van der Waals surface area contributed by atoms with Crippen LogP contribution in [0.4, 0.5) is 0 Å². The monoisotopic (exact) mass is 517 g/mol. The Bertz CT molecular complexity index is 1010. The number of hydrogen-bond donors (Lipinski definition) is 0. The van der Waals surface area contributed by atoms with Crippen LogP contribution in [0.1, 0.15) is 96.8 Å². The van der Waals surface area contributed by atoms with E-state index in [1.165, 1.54) is 70.6 Å². The van der Waals surface area contributed by atoms with Gasteiger partial charge < -0.3 is 14.0 Å². The summed E-state index contributed by atoms with van der Waals surface area (Å²) in [5.74, 6) is 2.55. The molecule has 1 heterocycles. The van der Waals surface area contributed by atoms with Crippen molar-refractivity contribution in [1.82, 2.24) is 5.16 Å². The predicted octanol–water partition coefficient (Wildman–Crippen LogP) is 10.4. The van der Waals surface area contributed by atoms with Crippen molar-refractivity contribution < 1.29 is 14.0 Å². The van der Waals surface area contributed by atoms with Crippen LogP contribution < -0.4 is 9.47 Å².